The Kier molecular flexibility index (Phi) is 71.3. The van der Waals surface area contributed by atoms with Crippen molar-refractivity contribution in [1.29, 1.82) is 0 Å². The molecule has 15 heteroatoms. The fraction of sp³-hybridized carbons (Fsp3) is 0.917. The average Bonchev–Trinajstić information content (AvgIpc) is 2.28. The van der Waals surface area contributed by atoms with E-state index in [-0.39, 0.29) is 116 Å². The van der Waals surface area contributed by atoms with E-state index in [1.807, 2.05) is 0 Å². The van der Waals surface area contributed by atoms with Gasteiger partial charge in [-0.05, 0) is 0 Å². The molecule has 27 heavy (non-hydrogen) atoms. The number of unbranched alkanes of at least 4 members (excludes halogenated alkanes) is 9. The van der Waals surface area contributed by atoms with Crippen LogP contribution in [-0.2, 0) is 15.0 Å². The van der Waals surface area contributed by atoms with E-state index >= 15 is 0 Å². The standard InChI is InChI=1S/C12H25.2Ca.Na.H3O4P.H2O4S.2H2O/c1-3-5-7-9-11-12-10-8-6-4-2;;;;2*1-5(2,3)4;;/h1,3-12H2,2H3;;;;(H3,1,2,3,4);(H2,1,2,3,4);2*1H2/q-1;2*+2;+1;;;;/p-4. The van der Waals surface area contributed by atoms with Crippen LogP contribution < -0.4 is 39.3 Å². The average molecular weight is 501 g/mol. The van der Waals surface area contributed by atoms with Gasteiger partial charge >= 0.3 is 105 Å². The van der Waals surface area contributed by atoms with Crippen molar-refractivity contribution in [3.63, 3.8) is 0 Å². The summed E-state index contributed by atoms with van der Waals surface area (Å²) in [5.74, 6) is 0. The summed E-state index contributed by atoms with van der Waals surface area (Å²) in [7, 11) is -10.3. The van der Waals surface area contributed by atoms with E-state index in [4.69, 9.17) is 36.8 Å². The molecule has 0 fully saturated rings. The normalized spacial score (nSPS) is 9.00. The minimum absolute atomic E-state index is 0. The van der Waals surface area contributed by atoms with E-state index in [1.54, 1.807) is 0 Å². The summed E-state index contributed by atoms with van der Waals surface area (Å²) >= 11 is 0. The zero-order valence-electron chi connectivity index (χ0n) is 16.4. The zero-order chi connectivity index (χ0) is 18.1. The van der Waals surface area contributed by atoms with Gasteiger partial charge in [-0.2, -0.15) is 6.42 Å². The molecule has 0 radical (unpaired) electrons. The SMILES string of the molecule is O.O.O=P([O-])([O-])O.O=S(=O)([O-])[O-].[CH2-]CCCCCCCCCCC.[Ca+2].[Ca+2].[Na+]. The molecule has 0 heterocycles. The summed E-state index contributed by atoms with van der Waals surface area (Å²) in [5.41, 5.74) is 0. The Balaban J connectivity index is -0.0000000347. The molecule has 0 aliphatic heterocycles. The van der Waals surface area contributed by atoms with Crippen molar-refractivity contribution in [3.05, 3.63) is 6.92 Å². The third kappa shape index (κ3) is 143. The van der Waals surface area contributed by atoms with E-state index < -0.39 is 18.2 Å². The van der Waals surface area contributed by atoms with Crippen LogP contribution in [0.25, 0.3) is 0 Å². The van der Waals surface area contributed by atoms with Gasteiger partial charge in [0.05, 0.1) is 7.82 Å². The van der Waals surface area contributed by atoms with Gasteiger partial charge in [0.1, 0.15) is 0 Å². The maximum atomic E-state index is 8.66. The second-order valence-corrected chi connectivity index (χ2v) is 6.31. The van der Waals surface area contributed by atoms with Gasteiger partial charge < -0.3 is 46.2 Å². The zero-order valence-corrected chi connectivity index (χ0v) is 24.5. The van der Waals surface area contributed by atoms with Crippen molar-refractivity contribution in [1.82, 2.24) is 0 Å². The van der Waals surface area contributed by atoms with Crippen LogP contribution >= 0.6 is 7.82 Å². The minimum atomic E-state index is -5.17. The predicted octanol–water partition coefficient (Wildman–Crippen LogP) is -4.20. The molecule has 0 unspecified atom stereocenters. The minimum Gasteiger partial charge on any atom is -0.790 e. The van der Waals surface area contributed by atoms with E-state index in [2.05, 4.69) is 13.8 Å². The van der Waals surface area contributed by atoms with Crippen molar-refractivity contribution < 1.29 is 77.3 Å². The molecule has 5 N–H and O–H groups in total. The Hall–Kier alpha value is 3.42. The van der Waals surface area contributed by atoms with Crippen LogP contribution in [-0.4, -0.2) is 109 Å². The van der Waals surface area contributed by atoms with Crippen LogP contribution in [0.4, 0.5) is 0 Å². The maximum Gasteiger partial charge on any atom is 2.00 e. The first kappa shape index (κ1) is 52.4. The monoisotopic (exact) mass is 500 g/mol. The number of phosphoric acid groups is 1. The Labute approximate surface area is 245 Å². The molecule has 0 aliphatic rings. The topological polar surface area (TPSA) is 227 Å². The van der Waals surface area contributed by atoms with Crippen LogP contribution in [0.3, 0.4) is 0 Å². The van der Waals surface area contributed by atoms with Gasteiger partial charge in [0.15, 0.2) is 0 Å². The van der Waals surface area contributed by atoms with Crippen LogP contribution in [0.5, 0.6) is 0 Å². The van der Waals surface area contributed by atoms with Crippen LogP contribution in [0.1, 0.15) is 71.1 Å². The van der Waals surface area contributed by atoms with E-state index in [1.165, 1.54) is 57.8 Å². The van der Waals surface area contributed by atoms with Crippen molar-refractivity contribution >= 4 is 93.7 Å². The molecule has 0 aromatic rings. The van der Waals surface area contributed by atoms with Crippen LogP contribution in [0.15, 0.2) is 0 Å². The quantitative estimate of drug-likeness (QED) is 0.0813. The predicted molar refractivity (Wildman–Crippen MR) is 96.2 cm³/mol. The van der Waals surface area contributed by atoms with Gasteiger partial charge in [-0.25, -0.2) is 0 Å². The molecule has 0 aromatic carbocycles. The van der Waals surface area contributed by atoms with Crippen LogP contribution in [0, 0.1) is 6.92 Å². The third-order valence-electron chi connectivity index (χ3n) is 2.35. The van der Waals surface area contributed by atoms with Gasteiger partial charge in [-0.1, -0.05) is 64.7 Å². The first-order valence-corrected chi connectivity index (χ1v) is 9.95. The molecular formula is C12H30Ca2NaO10PS. The first-order valence-electron chi connectivity index (χ1n) is 7.12. The van der Waals surface area contributed by atoms with Gasteiger partial charge in [-0.3, -0.25) is 8.42 Å². The second-order valence-electron chi connectivity index (χ2n) is 4.56. The number of hydrogen-bond donors (Lipinski definition) is 1. The summed E-state index contributed by atoms with van der Waals surface area (Å²) in [5, 5.41) is 0. The molecule has 0 atom stereocenters. The van der Waals surface area contributed by atoms with Crippen molar-refractivity contribution in [2.75, 3.05) is 0 Å². The maximum absolute atomic E-state index is 8.66. The molecule has 0 amide bonds. The van der Waals surface area contributed by atoms with Crippen molar-refractivity contribution in [2.24, 2.45) is 0 Å². The smallest absolute Gasteiger partial charge is 0.790 e. The fourth-order valence-electron chi connectivity index (χ4n) is 1.49. The summed E-state index contributed by atoms with van der Waals surface area (Å²) in [6.45, 7) is 6.12. The summed E-state index contributed by atoms with van der Waals surface area (Å²) < 4.78 is 42.7. The molecule has 0 aromatic heterocycles. The first-order chi connectivity index (χ1) is 9.91. The Morgan fingerprint density at radius 1 is 0.852 bits per heavy atom. The molecule has 0 aliphatic carbocycles. The molecule has 0 rings (SSSR count). The van der Waals surface area contributed by atoms with Gasteiger partial charge in [0.25, 0.3) is 0 Å². The Morgan fingerprint density at radius 3 is 1.22 bits per heavy atom. The fourth-order valence-corrected chi connectivity index (χ4v) is 1.49. The van der Waals surface area contributed by atoms with Crippen molar-refractivity contribution in [3.8, 4) is 0 Å². The Bertz CT molecular complexity index is 345. The van der Waals surface area contributed by atoms with E-state index in [0.29, 0.717) is 0 Å². The molecule has 0 spiro atoms. The Morgan fingerprint density at radius 2 is 1.04 bits per heavy atom. The van der Waals surface area contributed by atoms with Gasteiger partial charge in [0, 0.05) is 10.4 Å². The van der Waals surface area contributed by atoms with E-state index in [9.17, 15) is 0 Å². The van der Waals surface area contributed by atoms with Crippen molar-refractivity contribution in [2.45, 2.75) is 71.1 Å². The molecule has 0 saturated heterocycles. The molecular weight excluding hydrogens is 470 g/mol. The molecule has 10 nitrogen and oxygen atoms in total. The number of hydrogen-bond acceptors (Lipinski definition) is 7. The largest absolute Gasteiger partial charge is 2.00 e. The third-order valence-corrected chi connectivity index (χ3v) is 2.35. The summed E-state index contributed by atoms with van der Waals surface area (Å²) in [6, 6.07) is 0. The summed E-state index contributed by atoms with van der Waals surface area (Å²) in [6.07, 6.45) is 13.9. The van der Waals surface area contributed by atoms with Gasteiger partial charge in [0.2, 0.25) is 0 Å². The van der Waals surface area contributed by atoms with E-state index in [0.717, 1.165) is 6.42 Å². The van der Waals surface area contributed by atoms with Gasteiger partial charge in [-0.15, -0.1) is 0 Å². The molecule has 0 bridgehead atoms. The van der Waals surface area contributed by atoms with Crippen LogP contribution in [0.2, 0.25) is 0 Å². The summed E-state index contributed by atoms with van der Waals surface area (Å²) in [4.78, 5) is 24.3. The molecule has 154 valence electrons. The second kappa shape index (κ2) is 36.8. The number of rotatable bonds is 9. The molecule has 0 saturated carbocycles.